The quantitative estimate of drug-likeness (QED) is 0.494. The lowest BCUT2D eigenvalue weighted by Gasteiger charge is -2.39. The van der Waals surface area contributed by atoms with Gasteiger partial charge < -0.3 is 25.4 Å². The molecule has 2 aromatic rings. The fourth-order valence-electron chi connectivity index (χ4n) is 4.29. The average Bonchev–Trinajstić information content (AvgIpc) is 3.35. The zero-order valence-electron chi connectivity index (χ0n) is 19.6. The smallest absolute Gasteiger partial charge is 0.430 e. The monoisotopic (exact) mass is 546 g/mol. The first-order valence-corrected chi connectivity index (χ1v) is 12.2. The summed E-state index contributed by atoms with van der Waals surface area (Å²) in [6.07, 6.45) is -1.80. The Morgan fingerprint density at radius 2 is 1.78 bits per heavy atom. The lowest BCUT2D eigenvalue weighted by Crippen LogP contribution is -2.50. The molecular weight excluding hydrogens is 521 g/mol. The van der Waals surface area contributed by atoms with Crippen LogP contribution < -0.4 is 21.5 Å². The van der Waals surface area contributed by atoms with Crippen molar-refractivity contribution >= 4 is 51.5 Å². The number of thiophene rings is 1. The van der Waals surface area contributed by atoms with Crippen molar-refractivity contribution in [2.75, 3.05) is 30.8 Å². The summed E-state index contributed by atoms with van der Waals surface area (Å²) >= 11 is 7.35. The highest BCUT2D eigenvalue weighted by atomic mass is 35.5. The predicted octanol–water partition coefficient (Wildman–Crippen LogP) is 3.75. The number of nitrogens with two attached hydrogens (primary N) is 1. The number of carboxylic acid groups (broad SMARTS) is 1. The van der Waals surface area contributed by atoms with Gasteiger partial charge in [0.15, 0.2) is 0 Å². The number of alkyl halides is 3. The molecule has 4 N–H and O–H groups in total. The Morgan fingerprint density at radius 1 is 1.19 bits per heavy atom. The van der Waals surface area contributed by atoms with Gasteiger partial charge in [-0.2, -0.15) is 13.2 Å². The minimum absolute atomic E-state index is 0.406. The highest BCUT2D eigenvalue weighted by molar-refractivity contribution is 7.17. The number of hydrogen-bond acceptors (Lipinski definition) is 5. The number of nitrogens with one attached hydrogen (secondary N) is 2. The van der Waals surface area contributed by atoms with Crippen LogP contribution in [-0.2, 0) is 17.8 Å². The number of amides is 3. The standard InChI is InChI=1S/C21H25ClN4O2S.C2HF3O2/c1-21(8-9-21)12-26(2)10-7-15-16(11-26)29-19(17(15)18(23)27)25-20(28)24-14-5-3-13(22)4-6-14;3-2(4,5)1(6)7/h3-6H,7-12H2,1-2H3,(H3-,23,24,25,27,28);(H,6,7). The summed E-state index contributed by atoms with van der Waals surface area (Å²) in [5.41, 5.74) is 8.22. The summed E-state index contributed by atoms with van der Waals surface area (Å²) in [5, 5.41) is 15.5. The molecule has 1 atom stereocenters. The van der Waals surface area contributed by atoms with E-state index in [2.05, 4.69) is 24.6 Å². The molecule has 36 heavy (non-hydrogen) atoms. The molecule has 3 amide bonds. The minimum atomic E-state index is -5.19. The van der Waals surface area contributed by atoms with Crippen molar-refractivity contribution in [3.8, 4) is 0 Å². The van der Waals surface area contributed by atoms with Crippen LogP contribution >= 0.6 is 22.9 Å². The number of aliphatic carboxylic acids is 1. The molecule has 2 heterocycles. The highest BCUT2D eigenvalue weighted by Crippen LogP contribution is 2.48. The number of likely N-dealkylation sites (N-methyl/N-ethyl adjacent to an activating group) is 1. The SMILES string of the molecule is CC1(C[N+]2(C)CCc3c(sc(NC(=O)Nc4ccc(Cl)cc4)c3C(N)=O)C2)CC1.O=C([O-])C(F)(F)F. The summed E-state index contributed by atoms with van der Waals surface area (Å²) in [7, 11) is 2.29. The normalized spacial score (nSPS) is 19.8. The number of anilines is 2. The van der Waals surface area contributed by atoms with Crippen LogP contribution in [0, 0.1) is 5.41 Å². The van der Waals surface area contributed by atoms with Crippen LogP contribution in [0.15, 0.2) is 24.3 Å². The Balaban J connectivity index is 0.000000454. The minimum Gasteiger partial charge on any atom is -0.542 e. The van der Waals surface area contributed by atoms with Crippen molar-refractivity contribution in [3.63, 3.8) is 0 Å². The molecular formula is C23H26ClF3N4O4S. The van der Waals surface area contributed by atoms with Gasteiger partial charge in [-0.25, -0.2) is 4.79 Å². The lowest BCUT2D eigenvalue weighted by molar-refractivity contribution is -0.928. The Morgan fingerprint density at radius 3 is 2.28 bits per heavy atom. The van der Waals surface area contributed by atoms with Gasteiger partial charge in [0.05, 0.1) is 30.6 Å². The third kappa shape index (κ3) is 7.11. The van der Waals surface area contributed by atoms with Crippen LogP contribution in [0.2, 0.25) is 5.02 Å². The van der Waals surface area contributed by atoms with E-state index >= 15 is 0 Å². The molecule has 0 radical (unpaired) electrons. The fourth-order valence-corrected chi connectivity index (χ4v) is 5.83. The van der Waals surface area contributed by atoms with Crippen LogP contribution in [-0.4, -0.2) is 48.7 Å². The van der Waals surface area contributed by atoms with Gasteiger partial charge in [0.25, 0.3) is 5.91 Å². The van der Waals surface area contributed by atoms with Gasteiger partial charge in [-0.1, -0.05) is 18.5 Å². The molecule has 13 heteroatoms. The second kappa shape index (κ2) is 10.3. The summed E-state index contributed by atoms with van der Waals surface area (Å²) in [4.78, 5) is 34.6. The van der Waals surface area contributed by atoms with Gasteiger partial charge in [-0.3, -0.25) is 10.1 Å². The van der Waals surface area contributed by atoms with Crippen molar-refractivity contribution in [1.82, 2.24) is 0 Å². The van der Waals surface area contributed by atoms with Crippen molar-refractivity contribution in [2.45, 2.75) is 38.9 Å². The number of carbonyl (C=O) groups excluding carboxylic acids is 3. The van der Waals surface area contributed by atoms with Crippen LogP contribution in [0.25, 0.3) is 0 Å². The molecule has 1 saturated carbocycles. The Labute approximate surface area is 214 Å². The van der Waals surface area contributed by atoms with Gasteiger partial charge in [0, 0.05) is 22.5 Å². The number of fused-ring (bicyclic) bond motifs is 1. The molecule has 1 aromatic heterocycles. The van der Waals surface area contributed by atoms with E-state index in [1.165, 1.54) is 24.2 Å². The van der Waals surface area contributed by atoms with Crippen LogP contribution in [0.5, 0.6) is 0 Å². The van der Waals surface area contributed by atoms with Gasteiger partial charge >= 0.3 is 12.2 Å². The maximum atomic E-state index is 12.5. The second-order valence-electron chi connectivity index (χ2n) is 9.66. The molecule has 0 spiro atoms. The molecule has 196 valence electrons. The van der Waals surface area contributed by atoms with Crippen LogP contribution in [0.4, 0.5) is 28.7 Å². The number of primary amides is 1. The van der Waals surface area contributed by atoms with E-state index in [-0.39, 0.29) is 0 Å². The number of nitrogens with zero attached hydrogens (tertiary/aromatic N) is 1. The molecule has 4 rings (SSSR count). The first-order valence-electron chi connectivity index (χ1n) is 11.0. The second-order valence-corrected chi connectivity index (χ2v) is 11.2. The van der Waals surface area contributed by atoms with E-state index in [1.54, 1.807) is 24.3 Å². The first-order chi connectivity index (χ1) is 16.6. The average molecular weight is 547 g/mol. The van der Waals surface area contributed by atoms with Gasteiger partial charge in [-0.05, 0) is 42.7 Å². The number of rotatable bonds is 5. The molecule has 8 nitrogen and oxygen atoms in total. The molecule has 1 aliphatic heterocycles. The number of benzene rings is 1. The predicted molar refractivity (Wildman–Crippen MR) is 129 cm³/mol. The van der Waals surface area contributed by atoms with Gasteiger partial charge in [0.2, 0.25) is 0 Å². The first kappa shape index (κ1) is 27.8. The molecule has 0 saturated heterocycles. The maximum absolute atomic E-state index is 12.5. The third-order valence-corrected chi connectivity index (χ3v) is 7.58. The summed E-state index contributed by atoms with van der Waals surface area (Å²) < 4.78 is 32.5. The third-order valence-electron chi connectivity index (χ3n) is 6.19. The maximum Gasteiger partial charge on any atom is 0.430 e. The number of carbonyl (C=O) groups is 3. The van der Waals surface area contributed by atoms with Gasteiger partial charge in [-0.15, -0.1) is 11.3 Å². The Hall–Kier alpha value is -2.83. The van der Waals surface area contributed by atoms with Crippen LogP contribution in [0.1, 0.15) is 40.6 Å². The van der Waals surface area contributed by atoms with Gasteiger partial charge in [0.1, 0.15) is 17.5 Å². The van der Waals surface area contributed by atoms with E-state index in [0.717, 1.165) is 41.0 Å². The number of urea groups is 1. The molecule has 0 bridgehead atoms. The zero-order chi connectivity index (χ0) is 26.9. The van der Waals surface area contributed by atoms with Crippen molar-refractivity contribution in [2.24, 2.45) is 11.1 Å². The topological polar surface area (TPSA) is 124 Å². The molecule has 1 aliphatic carbocycles. The van der Waals surface area contributed by atoms with Crippen molar-refractivity contribution in [1.29, 1.82) is 0 Å². The van der Waals surface area contributed by atoms with Crippen molar-refractivity contribution < 1.29 is 37.1 Å². The van der Waals surface area contributed by atoms with E-state index in [0.29, 0.717) is 26.7 Å². The summed E-state index contributed by atoms with van der Waals surface area (Å²) in [6.45, 7) is 5.35. The molecule has 1 unspecified atom stereocenters. The molecule has 2 aliphatic rings. The van der Waals surface area contributed by atoms with E-state index in [4.69, 9.17) is 27.2 Å². The summed E-state index contributed by atoms with van der Waals surface area (Å²) in [6, 6.07) is 6.44. The summed E-state index contributed by atoms with van der Waals surface area (Å²) in [5.74, 6) is -3.50. The number of hydrogen-bond donors (Lipinski definition) is 3. The number of halogens is 4. The van der Waals surface area contributed by atoms with E-state index < -0.39 is 24.1 Å². The lowest BCUT2D eigenvalue weighted by atomic mass is 9.98. The van der Waals surface area contributed by atoms with Crippen molar-refractivity contribution in [3.05, 3.63) is 45.3 Å². The largest absolute Gasteiger partial charge is 0.542 e. The molecule has 1 fully saturated rings. The fraction of sp³-hybridized carbons (Fsp3) is 0.435. The highest BCUT2D eigenvalue weighted by Gasteiger charge is 2.46. The van der Waals surface area contributed by atoms with E-state index in [1.807, 2.05) is 0 Å². The molecule has 1 aromatic carbocycles. The number of quaternary nitrogens is 1. The zero-order valence-corrected chi connectivity index (χ0v) is 21.2. The number of carboxylic acids is 1. The van der Waals surface area contributed by atoms with E-state index in [9.17, 15) is 22.8 Å². The van der Waals surface area contributed by atoms with Crippen LogP contribution in [0.3, 0.4) is 0 Å². The Bertz CT molecular complexity index is 1170. The Kier molecular flexibility index (Phi) is 7.92.